The molecular formula is C43H33Cl2FN2O6S2. The fourth-order valence-electron chi connectivity index (χ4n) is 6.86. The Morgan fingerprint density at radius 3 is 1.57 bits per heavy atom. The summed E-state index contributed by atoms with van der Waals surface area (Å²) in [5.41, 5.74) is 2.48. The van der Waals surface area contributed by atoms with Crippen LogP contribution in [0.2, 0.25) is 8.67 Å². The van der Waals surface area contributed by atoms with Crippen LogP contribution < -0.4 is 20.1 Å². The maximum absolute atomic E-state index is 13.7. The molecule has 0 bridgehead atoms. The van der Waals surface area contributed by atoms with E-state index in [1.807, 2.05) is 43.3 Å². The number of halogens is 3. The SMILES string of the molecule is COc1cccc(-c2c(Cl)sc3c2C(=O)C(C)(c2cccc(OC)c2)C(=O)N3)c1.Cc1ccc(C2(C)C(=O)Nc3sc(Cl)c(-c4cccc(F)c4)c3C2=O)cc1. The summed E-state index contributed by atoms with van der Waals surface area (Å²) in [5, 5.41) is 6.56. The van der Waals surface area contributed by atoms with Gasteiger partial charge in [-0.25, -0.2) is 4.39 Å². The van der Waals surface area contributed by atoms with Crippen LogP contribution in [0.5, 0.6) is 11.5 Å². The van der Waals surface area contributed by atoms with Gasteiger partial charge in [-0.3, -0.25) is 19.2 Å². The van der Waals surface area contributed by atoms with Gasteiger partial charge >= 0.3 is 0 Å². The minimum atomic E-state index is -1.40. The van der Waals surface area contributed by atoms with Gasteiger partial charge in [-0.2, -0.15) is 0 Å². The van der Waals surface area contributed by atoms with Crippen LogP contribution in [0.25, 0.3) is 22.3 Å². The van der Waals surface area contributed by atoms with Crippen LogP contribution in [0.3, 0.4) is 0 Å². The molecule has 2 atom stereocenters. The van der Waals surface area contributed by atoms with E-state index < -0.39 is 28.5 Å². The van der Waals surface area contributed by atoms with Gasteiger partial charge in [0.2, 0.25) is 11.8 Å². The first-order valence-electron chi connectivity index (χ1n) is 17.2. The number of hydrogen-bond acceptors (Lipinski definition) is 8. The van der Waals surface area contributed by atoms with Crippen LogP contribution in [0.1, 0.15) is 51.3 Å². The van der Waals surface area contributed by atoms with E-state index in [0.717, 1.165) is 22.5 Å². The molecule has 2 N–H and O–H groups in total. The minimum absolute atomic E-state index is 0.300. The molecule has 8 rings (SSSR count). The summed E-state index contributed by atoms with van der Waals surface area (Å²) in [6.45, 7) is 5.18. The van der Waals surface area contributed by atoms with Gasteiger partial charge in [0.1, 0.15) is 46.8 Å². The maximum Gasteiger partial charge on any atom is 0.243 e. The van der Waals surface area contributed by atoms with Crippen molar-refractivity contribution in [3.63, 3.8) is 0 Å². The number of Topliss-reactive ketones (excluding diaryl/α,β-unsaturated/α-hetero) is 2. The molecule has 0 saturated carbocycles. The summed E-state index contributed by atoms with van der Waals surface area (Å²) in [6.07, 6.45) is 0. The zero-order chi connectivity index (χ0) is 40.1. The molecule has 4 heterocycles. The summed E-state index contributed by atoms with van der Waals surface area (Å²) in [5.74, 6) is -0.617. The number of carbonyl (C=O) groups excluding carboxylic acids is 4. The molecule has 13 heteroatoms. The van der Waals surface area contributed by atoms with E-state index in [9.17, 15) is 23.6 Å². The highest BCUT2D eigenvalue weighted by atomic mass is 35.5. The fraction of sp³-hybridized carbons (Fsp3) is 0.163. The summed E-state index contributed by atoms with van der Waals surface area (Å²) in [6, 6.07) is 27.6. The van der Waals surface area contributed by atoms with E-state index in [4.69, 9.17) is 32.7 Å². The summed E-state index contributed by atoms with van der Waals surface area (Å²) < 4.78 is 25.1. The van der Waals surface area contributed by atoms with Gasteiger partial charge in [-0.05, 0) is 79.4 Å². The first kappa shape index (κ1) is 38.9. The second kappa shape index (κ2) is 15.0. The smallest absolute Gasteiger partial charge is 0.243 e. The highest BCUT2D eigenvalue weighted by Crippen LogP contribution is 2.51. The monoisotopic (exact) mass is 826 g/mol. The Hall–Kier alpha value is -5.33. The number of aryl methyl sites for hydroxylation is 1. The maximum atomic E-state index is 13.7. The van der Waals surface area contributed by atoms with Crippen molar-refractivity contribution in [3.05, 3.63) is 139 Å². The van der Waals surface area contributed by atoms with Gasteiger partial charge in [0, 0.05) is 11.1 Å². The molecule has 284 valence electrons. The number of rotatable bonds is 6. The Morgan fingerprint density at radius 1 is 0.589 bits per heavy atom. The van der Waals surface area contributed by atoms with E-state index >= 15 is 0 Å². The molecule has 0 spiro atoms. The molecule has 2 aromatic heterocycles. The zero-order valence-electron chi connectivity index (χ0n) is 30.6. The number of hydrogen-bond donors (Lipinski definition) is 2. The van der Waals surface area contributed by atoms with E-state index in [1.165, 1.54) is 23.5 Å². The summed E-state index contributed by atoms with van der Waals surface area (Å²) in [4.78, 5) is 53.1. The quantitative estimate of drug-likeness (QED) is 0.162. The lowest BCUT2D eigenvalue weighted by atomic mass is 9.73. The highest BCUT2D eigenvalue weighted by molar-refractivity contribution is 7.21. The largest absolute Gasteiger partial charge is 0.497 e. The lowest BCUT2D eigenvalue weighted by Gasteiger charge is -2.32. The number of anilines is 2. The number of methoxy groups -OCH3 is 2. The second-order valence-electron chi connectivity index (χ2n) is 13.6. The molecule has 2 aliphatic rings. The molecule has 4 aromatic carbocycles. The van der Waals surface area contributed by atoms with Crippen molar-refractivity contribution in [2.75, 3.05) is 24.9 Å². The molecule has 0 aliphatic carbocycles. The Morgan fingerprint density at radius 2 is 1.05 bits per heavy atom. The molecule has 2 aliphatic heterocycles. The number of ether oxygens (including phenoxy) is 2. The van der Waals surface area contributed by atoms with Crippen molar-refractivity contribution in [1.29, 1.82) is 0 Å². The van der Waals surface area contributed by atoms with Crippen LogP contribution in [-0.4, -0.2) is 37.6 Å². The van der Waals surface area contributed by atoms with Crippen LogP contribution in [0, 0.1) is 12.7 Å². The zero-order valence-corrected chi connectivity index (χ0v) is 33.8. The molecule has 0 saturated heterocycles. The van der Waals surface area contributed by atoms with Gasteiger partial charge in [-0.15, -0.1) is 22.7 Å². The third-order valence-corrected chi connectivity index (χ3v) is 12.8. The molecule has 8 nitrogen and oxygen atoms in total. The molecular weight excluding hydrogens is 795 g/mol. The fourth-order valence-corrected chi connectivity index (χ4v) is 9.62. The molecule has 2 unspecified atom stereocenters. The van der Waals surface area contributed by atoms with E-state index in [0.29, 0.717) is 69.1 Å². The average Bonchev–Trinajstić information content (AvgIpc) is 3.71. The Bertz CT molecular complexity index is 2590. The van der Waals surface area contributed by atoms with Crippen molar-refractivity contribution in [2.45, 2.75) is 31.6 Å². The average molecular weight is 828 g/mol. The van der Waals surface area contributed by atoms with Crippen LogP contribution >= 0.6 is 45.9 Å². The van der Waals surface area contributed by atoms with E-state index in [-0.39, 0.29) is 11.6 Å². The number of amides is 2. The topological polar surface area (TPSA) is 111 Å². The van der Waals surface area contributed by atoms with Crippen molar-refractivity contribution < 1.29 is 33.0 Å². The van der Waals surface area contributed by atoms with Crippen LogP contribution in [0.15, 0.2) is 97.1 Å². The van der Waals surface area contributed by atoms with Crippen LogP contribution in [0.4, 0.5) is 14.4 Å². The van der Waals surface area contributed by atoms with E-state index in [1.54, 1.807) is 76.6 Å². The predicted octanol–water partition coefficient (Wildman–Crippen LogP) is 10.8. The number of thiophene rings is 2. The lowest BCUT2D eigenvalue weighted by molar-refractivity contribution is -0.120. The molecule has 0 radical (unpaired) electrons. The van der Waals surface area contributed by atoms with Crippen molar-refractivity contribution in [2.24, 2.45) is 0 Å². The van der Waals surface area contributed by atoms with Gasteiger partial charge < -0.3 is 20.1 Å². The van der Waals surface area contributed by atoms with Gasteiger partial charge in [0.15, 0.2) is 11.6 Å². The molecule has 56 heavy (non-hydrogen) atoms. The summed E-state index contributed by atoms with van der Waals surface area (Å²) >= 11 is 15.2. The van der Waals surface area contributed by atoms with Crippen LogP contribution in [-0.2, 0) is 20.4 Å². The first-order valence-corrected chi connectivity index (χ1v) is 19.6. The highest BCUT2D eigenvalue weighted by Gasteiger charge is 2.51. The van der Waals surface area contributed by atoms with Gasteiger partial charge in [0.05, 0.1) is 25.3 Å². The number of ketones is 2. The Labute approximate surface area is 340 Å². The summed E-state index contributed by atoms with van der Waals surface area (Å²) in [7, 11) is 3.12. The van der Waals surface area contributed by atoms with Crippen molar-refractivity contribution in [3.8, 4) is 33.8 Å². The molecule has 6 aromatic rings. The predicted molar refractivity (Wildman–Crippen MR) is 221 cm³/mol. The lowest BCUT2D eigenvalue weighted by Crippen LogP contribution is -2.48. The van der Waals surface area contributed by atoms with Crippen molar-refractivity contribution in [1.82, 2.24) is 0 Å². The first-order chi connectivity index (χ1) is 26.7. The number of benzene rings is 4. The standard InChI is InChI=1S/C22H18ClNO4S.C21H15ClFNO2S/c1-22(13-7-5-9-15(11-13)28-3)18(25)17-16(12-6-4-8-14(10-12)27-2)19(23)29-20(17)24-21(22)26;1-11-6-8-13(9-7-11)21(2)17(25)16-15(12-4-3-5-14(23)10-12)18(22)27-19(16)24-20(21)26/h4-11H,1-3H3,(H,24,26);3-10H,1-2H3,(H,24,26). The van der Waals surface area contributed by atoms with Gasteiger partial charge in [0.25, 0.3) is 0 Å². The number of nitrogens with one attached hydrogen (secondary N) is 2. The Kier molecular flexibility index (Phi) is 10.4. The second-order valence-corrected chi connectivity index (χ2v) is 16.8. The third kappa shape index (κ3) is 6.48. The molecule has 0 fully saturated rings. The molecule has 2 amide bonds. The van der Waals surface area contributed by atoms with Gasteiger partial charge in [-0.1, -0.05) is 89.4 Å². The normalized spacial score (nSPS) is 18.6. The minimum Gasteiger partial charge on any atom is -0.497 e. The Balaban J connectivity index is 0.000000172. The van der Waals surface area contributed by atoms with Crippen molar-refractivity contribution >= 4 is 79.3 Å². The number of fused-ring (bicyclic) bond motifs is 2. The number of carbonyl (C=O) groups is 4. The van der Waals surface area contributed by atoms with E-state index in [2.05, 4.69) is 10.6 Å². The third-order valence-electron chi connectivity index (χ3n) is 10.2.